The monoisotopic (exact) mass is 391 g/mol. The Labute approximate surface area is 169 Å². The van der Waals surface area contributed by atoms with Gasteiger partial charge in [0, 0.05) is 6.54 Å². The third-order valence-electron chi connectivity index (χ3n) is 5.89. The predicted molar refractivity (Wildman–Crippen MR) is 110 cm³/mol. The van der Waals surface area contributed by atoms with Gasteiger partial charge in [-0.1, -0.05) is 42.5 Å². The van der Waals surface area contributed by atoms with Crippen LogP contribution in [0.4, 0.5) is 0 Å². The van der Waals surface area contributed by atoms with E-state index in [2.05, 4.69) is 22.2 Å². The molecule has 0 amide bonds. The molecule has 3 heterocycles. The topological polar surface area (TPSA) is 56.6 Å². The molecule has 5 rings (SSSR count). The molecule has 0 bridgehead atoms. The van der Waals surface area contributed by atoms with Crippen LogP contribution in [0.5, 0.6) is 0 Å². The molecule has 2 fully saturated rings. The van der Waals surface area contributed by atoms with Crippen LogP contribution in [0.3, 0.4) is 0 Å². The molecule has 29 heavy (non-hydrogen) atoms. The summed E-state index contributed by atoms with van der Waals surface area (Å²) in [5.41, 5.74) is 1.91. The van der Waals surface area contributed by atoms with Gasteiger partial charge in [-0.25, -0.2) is 4.98 Å². The van der Waals surface area contributed by atoms with Crippen LogP contribution in [0, 0.1) is 0 Å². The number of rotatable bonds is 5. The summed E-state index contributed by atoms with van der Waals surface area (Å²) < 4.78 is 7.93. The molecule has 2 aliphatic rings. The molecule has 0 N–H and O–H groups in total. The van der Waals surface area contributed by atoms with Crippen molar-refractivity contribution in [3.05, 3.63) is 76.8 Å². The van der Waals surface area contributed by atoms with Gasteiger partial charge in [0.25, 0.3) is 5.56 Å². The fourth-order valence-corrected chi connectivity index (χ4v) is 4.43. The Balaban J connectivity index is 1.27. The van der Waals surface area contributed by atoms with Gasteiger partial charge in [-0.2, -0.15) is 5.06 Å². The molecule has 2 aromatic carbocycles. The molecule has 6 nitrogen and oxygen atoms in total. The van der Waals surface area contributed by atoms with E-state index in [0.717, 1.165) is 31.3 Å². The highest BCUT2D eigenvalue weighted by atomic mass is 16.7. The van der Waals surface area contributed by atoms with Gasteiger partial charge in [-0.3, -0.25) is 14.2 Å². The molecular formula is C23H25N3O3. The first-order chi connectivity index (χ1) is 14.3. The van der Waals surface area contributed by atoms with Crippen LogP contribution in [0.25, 0.3) is 10.9 Å². The number of aromatic nitrogens is 2. The molecule has 6 heteroatoms. The molecule has 0 radical (unpaired) electrons. The van der Waals surface area contributed by atoms with E-state index in [0.29, 0.717) is 18.5 Å². The fourth-order valence-electron chi connectivity index (χ4n) is 4.43. The maximum Gasteiger partial charge on any atom is 0.261 e. The second kappa shape index (κ2) is 8.06. The molecule has 150 valence electrons. The highest BCUT2D eigenvalue weighted by Gasteiger charge is 2.41. The Morgan fingerprint density at radius 3 is 2.83 bits per heavy atom. The number of nitrogens with zero attached hydrogens (tertiary/aromatic N) is 3. The van der Waals surface area contributed by atoms with E-state index < -0.39 is 0 Å². The SMILES string of the molecule is O=c1c2ccccc2ncn1CC1C[C@@H]2[C@@H](OCc3ccccc3)CCCN2O1. The maximum absolute atomic E-state index is 12.8. The molecule has 2 aliphatic heterocycles. The second-order valence-electron chi connectivity index (χ2n) is 7.87. The highest BCUT2D eigenvalue weighted by Crippen LogP contribution is 2.32. The normalized spacial score (nSPS) is 24.6. The van der Waals surface area contributed by atoms with Crippen molar-refractivity contribution in [3.8, 4) is 0 Å². The number of hydroxylamine groups is 2. The molecule has 3 aromatic rings. The zero-order valence-corrected chi connectivity index (χ0v) is 16.3. The van der Waals surface area contributed by atoms with Crippen molar-refractivity contribution in [1.82, 2.24) is 14.6 Å². The summed E-state index contributed by atoms with van der Waals surface area (Å²) in [6, 6.07) is 18.0. The van der Waals surface area contributed by atoms with Crippen molar-refractivity contribution < 1.29 is 9.57 Å². The standard InChI is InChI=1S/C23H25N3O3/c27-23-19-9-4-5-10-20(19)24-16-25(23)14-18-13-21-22(11-6-12-26(21)29-18)28-15-17-7-2-1-3-8-17/h1-5,7-10,16,18,21-22H,6,11-15H2/t18?,21-,22+/m1/s1. The lowest BCUT2D eigenvalue weighted by Crippen LogP contribution is -2.44. The van der Waals surface area contributed by atoms with Gasteiger partial charge < -0.3 is 4.74 Å². The molecular weight excluding hydrogens is 366 g/mol. The minimum absolute atomic E-state index is 0.0130. The average molecular weight is 391 g/mol. The summed E-state index contributed by atoms with van der Waals surface area (Å²) in [7, 11) is 0. The predicted octanol–water partition coefficient (Wildman–Crippen LogP) is 3.15. The first-order valence-corrected chi connectivity index (χ1v) is 10.3. The van der Waals surface area contributed by atoms with Crippen LogP contribution in [0.1, 0.15) is 24.8 Å². The van der Waals surface area contributed by atoms with E-state index in [1.165, 1.54) is 5.56 Å². The zero-order chi connectivity index (χ0) is 19.6. The van der Waals surface area contributed by atoms with Crippen molar-refractivity contribution in [1.29, 1.82) is 0 Å². The van der Waals surface area contributed by atoms with Crippen molar-refractivity contribution in [2.75, 3.05) is 6.54 Å². The maximum atomic E-state index is 12.8. The fraction of sp³-hybridized carbons (Fsp3) is 0.391. The quantitative estimate of drug-likeness (QED) is 0.669. The van der Waals surface area contributed by atoms with Crippen LogP contribution >= 0.6 is 0 Å². The number of fused-ring (bicyclic) bond motifs is 2. The lowest BCUT2D eigenvalue weighted by atomic mass is 9.97. The molecule has 1 aromatic heterocycles. The Bertz CT molecular complexity index is 1040. The first kappa shape index (κ1) is 18.5. The summed E-state index contributed by atoms with van der Waals surface area (Å²) in [6.45, 7) is 2.04. The third kappa shape index (κ3) is 3.83. The van der Waals surface area contributed by atoms with Crippen LogP contribution < -0.4 is 5.56 Å². The van der Waals surface area contributed by atoms with E-state index in [-0.39, 0.29) is 23.8 Å². The number of hydrogen-bond donors (Lipinski definition) is 0. The molecule has 0 aliphatic carbocycles. The van der Waals surface area contributed by atoms with E-state index in [4.69, 9.17) is 9.57 Å². The minimum Gasteiger partial charge on any atom is -0.372 e. The molecule has 0 spiro atoms. The largest absolute Gasteiger partial charge is 0.372 e. The Hall–Kier alpha value is -2.54. The van der Waals surface area contributed by atoms with Crippen molar-refractivity contribution in [2.45, 2.75) is 50.7 Å². The van der Waals surface area contributed by atoms with Crippen LogP contribution in [0.15, 0.2) is 65.7 Å². The van der Waals surface area contributed by atoms with E-state index in [1.807, 2.05) is 42.5 Å². The summed E-state index contributed by atoms with van der Waals surface area (Å²) in [4.78, 5) is 23.4. The summed E-state index contributed by atoms with van der Waals surface area (Å²) in [5.74, 6) is 0. The third-order valence-corrected chi connectivity index (χ3v) is 5.89. The van der Waals surface area contributed by atoms with Crippen LogP contribution in [-0.2, 0) is 22.7 Å². The van der Waals surface area contributed by atoms with Gasteiger partial charge in [0.05, 0.1) is 48.6 Å². The highest BCUT2D eigenvalue weighted by molar-refractivity contribution is 5.76. The zero-order valence-electron chi connectivity index (χ0n) is 16.3. The molecule has 0 saturated carbocycles. The minimum atomic E-state index is -0.0402. The van der Waals surface area contributed by atoms with Gasteiger partial charge in [0.1, 0.15) is 0 Å². The van der Waals surface area contributed by atoms with E-state index in [1.54, 1.807) is 10.9 Å². The van der Waals surface area contributed by atoms with Crippen molar-refractivity contribution >= 4 is 10.9 Å². The van der Waals surface area contributed by atoms with Gasteiger partial charge in [0.2, 0.25) is 0 Å². The summed E-state index contributed by atoms with van der Waals surface area (Å²) in [5, 5.41) is 2.72. The van der Waals surface area contributed by atoms with Crippen LogP contribution in [0.2, 0.25) is 0 Å². The number of hydrogen-bond acceptors (Lipinski definition) is 5. The van der Waals surface area contributed by atoms with Gasteiger partial charge >= 0.3 is 0 Å². The second-order valence-corrected chi connectivity index (χ2v) is 7.87. The number of para-hydroxylation sites is 1. The number of ether oxygens (including phenoxy) is 1. The summed E-state index contributed by atoms with van der Waals surface area (Å²) in [6.07, 6.45) is 4.71. The number of benzene rings is 2. The summed E-state index contributed by atoms with van der Waals surface area (Å²) >= 11 is 0. The van der Waals surface area contributed by atoms with Gasteiger partial charge in [-0.05, 0) is 37.0 Å². The van der Waals surface area contributed by atoms with Gasteiger partial charge in [0.15, 0.2) is 0 Å². The van der Waals surface area contributed by atoms with Crippen molar-refractivity contribution in [2.24, 2.45) is 0 Å². The van der Waals surface area contributed by atoms with Gasteiger partial charge in [-0.15, -0.1) is 0 Å². The number of piperidine rings is 1. The van der Waals surface area contributed by atoms with E-state index >= 15 is 0 Å². The Morgan fingerprint density at radius 1 is 1.10 bits per heavy atom. The van der Waals surface area contributed by atoms with E-state index in [9.17, 15) is 4.79 Å². The average Bonchev–Trinajstić information content (AvgIpc) is 3.18. The first-order valence-electron chi connectivity index (χ1n) is 10.3. The molecule has 3 atom stereocenters. The Morgan fingerprint density at radius 2 is 1.93 bits per heavy atom. The van der Waals surface area contributed by atoms with Crippen LogP contribution in [-0.4, -0.2) is 39.4 Å². The molecule has 1 unspecified atom stereocenters. The molecule has 2 saturated heterocycles. The smallest absolute Gasteiger partial charge is 0.261 e. The Kier molecular flexibility index (Phi) is 5.14. The van der Waals surface area contributed by atoms with Crippen molar-refractivity contribution in [3.63, 3.8) is 0 Å². The lowest BCUT2D eigenvalue weighted by Gasteiger charge is -2.34. The lowest BCUT2D eigenvalue weighted by molar-refractivity contribution is -0.198.